The number of benzene rings is 2. The molecule has 0 radical (unpaired) electrons. The quantitative estimate of drug-likeness (QED) is 0.399. The number of allylic oxidation sites excluding steroid dienone is 1. The van der Waals surface area contributed by atoms with Crippen molar-refractivity contribution in [3.8, 4) is 17.2 Å². The summed E-state index contributed by atoms with van der Waals surface area (Å²) < 4.78 is 23.9. The first kappa shape index (κ1) is 26.2. The maximum atomic E-state index is 13.9. The van der Waals surface area contributed by atoms with Crippen molar-refractivity contribution in [2.45, 2.75) is 32.7 Å². The van der Waals surface area contributed by atoms with Crippen LogP contribution in [0.5, 0.6) is 17.2 Å². The van der Waals surface area contributed by atoms with E-state index in [9.17, 15) is 9.59 Å². The minimum atomic E-state index is -0.707. The van der Waals surface area contributed by atoms with Crippen LogP contribution in [0, 0.1) is 0 Å². The van der Waals surface area contributed by atoms with Crippen molar-refractivity contribution >= 4 is 23.4 Å². The van der Waals surface area contributed by atoms with Crippen LogP contribution in [0.1, 0.15) is 43.9 Å². The van der Waals surface area contributed by atoms with Crippen LogP contribution in [0.2, 0.25) is 0 Å². The molecule has 1 atom stereocenters. The van der Waals surface area contributed by atoms with Gasteiger partial charge in [0.25, 0.3) is 5.56 Å². The molecule has 9 heteroatoms. The van der Waals surface area contributed by atoms with Crippen LogP contribution < -0.4 is 29.1 Å². The second-order valence-corrected chi connectivity index (χ2v) is 9.28. The van der Waals surface area contributed by atoms with Gasteiger partial charge in [-0.2, -0.15) is 0 Å². The second-order valence-electron chi connectivity index (χ2n) is 8.27. The number of hydrogen-bond donors (Lipinski definition) is 0. The number of esters is 1. The molecule has 1 aromatic heterocycles. The normalized spacial score (nSPS) is 15.2. The molecule has 4 rings (SSSR count). The van der Waals surface area contributed by atoms with Crippen molar-refractivity contribution in [2.24, 2.45) is 4.99 Å². The summed E-state index contributed by atoms with van der Waals surface area (Å²) in [5, 5.41) is 0. The fourth-order valence-corrected chi connectivity index (χ4v) is 5.43. The van der Waals surface area contributed by atoms with Crippen LogP contribution in [0.25, 0.3) is 6.08 Å². The summed E-state index contributed by atoms with van der Waals surface area (Å²) in [5.41, 5.74) is 2.16. The Bertz CT molecular complexity index is 1520. The predicted octanol–water partition coefficient (Wildman–Crippen LogP) is 3.60. The van der Waals surface area contributed by atoms with E-state index in [0.29, 0.717) is 49.8 Å². The Kier molecular flexibility index (Phi) is 8.13. The molecular formula is C28H30N2O6S. The van der Waals surface area contributed by atoms with E-state index in [0.717, 1.165) is 12.0 Å². The van der Waals surface area contributed by atoms with Gasteiger partial charge in [0, 0.05) is 5.56 Å². The van der Waals surface area contributed by atoms with Crippen molar-refractivity contribution < 1.29 is 23.7 Å². The zero-order valence-electron chi connectivity index (χ0n) is 21.6. The number of nitrogens with zero attached hydrogens (tertiary/aromatic N) is 2. The van der Waals surface area contributed by atoms with Gasteiger partial charge in [-0.25, -0.2) is 9.79 Å². The Balaban J connectivity index is 2.02. The summed E-state index contributed by atoms with van der Waals surface area (Å²) in [4.78, 5) is 32.5. The molecule has 2 aromatic carbocycles. The Hall–Kier alpha value is -3.85. The third-order valence-corrected chi connectivity index (χ3v) is 7.00. The maximum absolute atomic E-state index is 13.9. The van der Waals surface area contributed by atoms with Crippen molar-refractivity contribution in [1.29, 1.82) is 0 Å². The number of hydrogen-bond acceptors (Lipinski definition) is 8. The lowest BCUT2D eigenvalue weighted by atomic mass is 9.94. The largest absolute Gasteiger partial charge is 0.497 e. The molecule has 8 nitrogen and oxygen atoms in total. The van der Waals surface area contributed by atoms with Crippen LogP contribution in [0.4, 0.5) is 0 Å². The van der Waals surface area contributed by atoms with E-state index < -0.39 is 12.0 Å². The lowest BCUT2D eigenvalue weighted by Crippen LogP contribution is -2.40. The number of carbonyl (C=O) groups is 1. The smallest absolute Gasteiger partial charge is 0.338 e. The van der Waals surface area contributed by atoms with Gasteiger partial charge in [-0.05, 0) is 43.2 Å². The van der Waals surface area contributed by atoms with Crippen molar-refractivity contribution in [2.75, 3.05) is 27.9 Å². The maximum Gasteiger partial charge on any atom is 0.338 e. The molecule has 0 saturated carbocycles. The monoisotopic (exact) mass is 522 g/mol. The lowest BCUT2D eigenvalue weighted by Gasteiger charge is -2.26. The number of ether oxygens (including phenoxy) is 4. The van der Waals surface area contributed by atoms with Gasteiger partial charge in [0.1, 0.15) is 5.75 Å². The average molecular weight is 523 g/mol. The van der Waals surface area contributed by atoms with Gasteiger partial charge in [-0.15, -0.1) is 0 Å². The average Bonchev–Trinajstić information content (AvgIpc) is 3.22. The van der Waals surface area contributed by atoms with Gasteiger partial charge in [0.2, 0.25) is 0 Å². The SMILES string of the molecule is CCCC1=C(C(=O)OCC)[C@@H](c2cccc(OC)c2)n2c(s/c(=C/c3cccc(OC)c3OC)c2=O)=N1. The Labute approximate surface area is 219 Å². The molecule has 0 aliphatic carbocycles. The van der Waals surface area contributed by atoms with E-state index in [4.69, 9.17) is 23.9 Å². The van der Waals surface area contributed by atoms with Crippen LogP contribution >= 0.6 is 11.3 Å². The number of aromatic nitrogens is 1. The Morgan fingerprint density at radius 2 is 1.86 bits per heavy atom. The standard InChI is InChI=1S/C28H30N2O6S/c1-6-10-20-23(27(32)36-7-2)24(17-11-8-13-19(15-17)33-3)30-26(31)22(37-28(30)29-20)16-18-12-9-14-21(34-4)25(18)35-5/h8-9,11-16,24H,6-7,10H2,1-5H3/b22-16+/t24-/m1/s1. The number of para-hydroxylation sites is 1. The molecule has 0 fully saturated rings. The molecule has 0 bridgehead atoms. The molecule has 0 saturated heterocycles. The third kappa shape index (κ3) is 5.04. The number of carbonyl (C=O) groups excluding carboxylic acids is 1. The molecule has 3 aromatic rings. The van der Waals surface area contributed by atoms with E-state index in [-0.39, 0.29) is 12.2 Å². The first-order valence-corrected chi connectivity index (χ1v) is 12.9. The highest BCUT2D eigenvalue weighted by molar-refractivity contribution is 7.07. The van der Waals surface area contributed by atoms with E-state index in [1.54, 1.807) is 45.0 Å². The molecule has 37 heavy (non-hydrogen) atoms. The fourth-order valence-electron chi connectivity index (χ4n) is 4.41. The van der Waals surface area contributed by atoms with Gasteiger partial charge < -0.3 is 18.9 Å². The van der Waals surface area contributed by atoms with Crippen LogP contribution in [0.3, 0.4) is 0 Å². The molecule has 1 aliphatic rings. The number of thiazole rings is 1. The molecule has 0 amide bonds. The minimum Gasteiger partial charge on any atom is -0.497 e. The highest BCUT2D eigenvalue weighted by atomic mass is 32.1. The summed E-state index contributed by atoms with van der Waals surface area (Å²) in [6.07, 6.45) is 3.12. The third-order valence-electron chi connectivity index (χ3n) is 6.02. The molecule has 1 aliphatic heterocycles. The molecule has 2 heterocycles. The number of rotatable bonds is 9. The van der Waals surface area contributed by atoms with Crippen LogP contribution in [0.15, 0.2) is 63.5 Å². The highest BCUT2D eigenvalue weighted by Gasteiger charge is 2.34. The lowest BCUT2D eigenvalue weighted by molar-refractivity contribution is -0.139. The van der Waals surface area contributed by atoms with Gasteiger partial charge in [0.15, 0.2) is 16.3 Å². The zero-order valence-corrected chi connectivity index (χ0v) is 22.4. The molecule has 0 unspecified atom stereocenters. The van der Waals surface area contributed by atoms with Gasteiger partial charge in [0.05, 0.1) is 49.8 Å². The van der Waals surface area contributed by atoms with Gasteiger partial charge in [-0.3, -0.25) is 9.36 Å². The molecule has 0 spiro atoms. The topological polar surface area (TPSA) is 88.4 Å². The minimum absolute atomic E-state index is 0.215. The summed E-state index contributed by atoms with van der Waals surface area (Å²) in [7, 11) is 4.70. The van der Waals surface area contributed by atoms with Crippen molar-refractivity contribution in [3.63, 3.8) is 0 Å². The Morgan fingerprint density at radius 3 is 2.54 bits per heavy atom. The number of methoxy groups -OCH3 is 3. The van der Waals surface area contributed by atoms with Crippen molar-refractivity contribution in [1.82, 2.24) is 4.57 Å². The molecular weight excluding hydrogens is 492 g/mol. The summed E-state index contributed by atoms with van der Waals surface area (Å²) in [6, 6.07) is 12.2. The van der Waals surface area contributed by atoms with Crippen molar-refractivity contribution in [3.05, 3.63) is 84.5 Å². The van der Waals surface area contributed by atoms with E-state index in [1.807, 2.05) is 43.3 Å². The van der Waals surface area contributed by atoms with Gasteiger partial charge >= 0.3 is 5.97 Å². The van der Waals surface area contributed by atoms with Crippen LogP contribution in [-0.4, -0.2) is 38.5 Å². The second kappa shape index (κ2) is 11.5. The fraction of sp³-hybridized carbons (Fsp3) is 0.321. The molecule has 194 valence electrons. The van der Waals surface area contributed by atoms with E-state index in [1.165, 1.54) is 11.3 Å². The zero-order chi connectivity index (χ0) is 26.5. The van der Waals surface area contributed by atoms with Crippen LogP contribution in [-0.2, 0) is 9.53 Å². The van der Waals surface area contributed by atoms with Gasteiger partial charge in [-0.1, -0.05) is 48.9 Å². The first-order chi connectivity index (χ1) is 18.0. The number of fused-ring (bicyclic) bond motifs is 1. The molecule has 0 N–H and O–H groups in total. The summed E-state index contributed by atoms with van der Waals surface area (Å²) in [5.74, 6) is 1.23. The first-order valence-electron chi connectivity index (χ1n) is 12.0. The Morgan fingerprint density at radius 1 is 1.08 bits per heavy atom. The van der Waals surface area contributed by atoms with E-state index >= 15 is 0 Å². The van der Waals surface area contributed by atoms with E-state index in [2.05, 4.69) is 0 Å². The predicted molar refractivity (Wildman–Crippen MR) is 142 cm³/mol. The summed E-state index contributed by atoms with van der Waals surface area (Å²) in [6.45, 7) is 4.00. The summed E-state index contributed by atoms with van der Waals surface area (Å²) >= 11 is 1.27. The highest BCUT2D eigenvalue weighted by Crippen LogP contribution is 2.34.